The monoisotopic (exact) mass is 274 g/mol. The Morgan fingerprint density at radius 1 is 1.32 bits per heavy atom. The van der Waals surface area contributed by atoms with E-state index in [4.69, 9.17) is 5.11 Å². The van der Waals surface area contributed by atoms with Crippen molar-refractivity contribution in [3.8, 4) is 5.75 Å². The number of hydrogen-bond donors (Lipinski definition) is 2. The highest BCUT2D eigenvalue weighted by Crippen LogP contribution is 2.14. The van der Waals surface area contributed by atoms with Crippen LogP contribution in [0.2, 0.25) is 0 Å². The molecule has 0 aliphatic heterocycles. The van der Waals surface area contributed by atoms with Crippen LogP contribution in [-0.4, -0.2) is 17.2 Å². The van der Waals surface area contributed by atoms with Gasteiger partial charge in [0, 0.05) is 15.3 Å². The highest BCUT2D eigenvalue weighted by atomic mass is 32.1. The van der Waals surface area contributed by atoms with E-state index < -0.39 is 0 Å². The van der Waals surface area contributed by atoms with E-state index in [1.807, 2.05) is 12.1 Å². The summed E-state index contributed by atoms with van der Waals surface area (Å²) in [5, 5.41) is 13.0. The highest BCUT2D eigenvalue weighted by Gasteiger charge is 2.03. The fourth-order valence-electron chi connectivity index (χ4n) is 1.49. The Kier molecular flexibility index (Phi) is 4.30. The van der Waals surface area contributed by atoms with Crippen LogP contribution in [-0.2, 0) is 6.42 Å². The van der Waals surface area contributed by atoms with Crippen LogP contribution in [0.3, 0.4) is 0 Å². The smallest absolute Gasteiger partial charge is 0.271 e. The number of hydrazone groups is 1. The van der Waals surface area contributed by atoms with Gasteiger partial charge in [0.1, 0.15) is 5.75 Å². The molecule has 0 fully saturated rings. The van der Waals surface area contributed by atoms with E-state index in [-0.39, 0.29) is 11.7 Å². The largest absolute Gasteiger partial charge is 0.508 e. The average molecular weight is 274 g/mol. The number of aryl methyl sites for hydroxylation is 1. The SMILES string of the molecule is CCc1ccc(C=NNC(=O)c2ccc(O)cc2)s1. The summed E-state index contributed by atoms with van der Waals surface area (Å²) in [6, 6.07) is 10.0. The van der Waals surface area contributed by atoms with Crippen LogP contribution in [0.5, 0.6) is 5.75 Å². The summed E-state index contributed by atoms with van der Waals surface area (Å²) in [7, 11) is 0. The summed E-state index contributed by atoms with van der Waals surface area (Å²) in [6.07, 6.45) is 2.63. The van der Waals surface area contributed by atoms with Crippen molar-refractivity contribution in [3.63, 3.8) is 0 Å². The number of thiophene rings is 1. The van der Waals surface area contributed by atoms with E-state index in [1.54, 1.807) is 29.7 Å². The Morgan fingerprint density at radius 3 is 2.68 bits per heavy atom. The molecule has 1 amide bonds. The third-order valence-electron chi connectivity index (χ3n) is 2.52. The Bertz CT molecular complexity index is 588. The molecular formula is C14H14N2O2S. The van der Waals surface area contributed by atoms with Gasteiger partial charge in [-0.05, 0) is 42.8 Å². The van der Waals surface area contributed by atoms with Crippen molar-refractivity contribution in [2.75, 3.05) is 0 Å². The summed E-state index contributed by atoms with van der Waals surface area (Å²) < 4.78 is 0. The van der Waals surface area contributed by atoms with E-state index in [2.05, 4.69) is 17.5 Å². The maximum atomic E-state index is 11.7. The quantitative estimate of drug-likeness (QED) is 0.665. The summed E-state index contributed by atoms with van der Waals surface area (Å²) >= 11 is 1.65. The highest BCUT2D eigenvalue weighted by molar-refractivity contribution is 7.13. The van der Waals surface area contributed by atoms with E-state index in [0.717, 1.165) is 11.3 Å². The van der Waals surface area contributed by atoms with Crippen molar-refractivity contribution in [2.45, 2.75) is 13.3 Å². The number of phenolic OH excluding ortho intramolecular Hbond substituents is 1. The molecule has 0 aliphatic carbocycles. The minimum atomic E-state index is -0.302. The van der Waals surface area contributed by atoms with Gasteiger partial charge in [0.2, 0.25) is 0 Å². The molecule has 1 aromatic carbocycles. The number of aromatic hydroxyl groups is 1. The first-order valence-corrected chi connectivity index (χ1v) is 6.72. The minimum absolute atomic E-state index is 0.130. The number of benzene rings is 1. The van der Waals surface area contributed by atoms with Gasteiger partial charge in [0.25, 0.3) is 5.91 Å². The van der Waals surface area contributed by atoms with E-state index >= 15 is 0 Å². The van der Waals surface area contributed by atoms with Gasteiger partial charge in [-0.3, -0.25) is 4.79 Å². The molecule has 19 heavy (non-hydrogen) atoms. The first-order chi connectivity index (χ1) is 9.19. The zero-order valence-electron chi connectivity index (χ0n) is 10.5. The van der Waals surface area contributed by atoms with Crippen LogP contribution in [0.25, 0.3) is 0 Å². The molecule has 0 spiro atoms. The van der Waals surface area contributed by atoms with E-state index in [1.165, 1.54) is 17.0 Å². The van der Waals surface area contributed by atoms with Crippen molar-refractivity contribution in [1.82, 2.24) is 5.43 Å². The van der Waals surface area contributed by atoms with Crippen LogP contribution in [0.1, 0.15) is 27.0 Å². The minimum Gasteiger partial charge on any atom is -0.508 e. The zero-order valence-corrected chi connectivity index (χ0v) is 11.3. The molecule has 2 rings (SSSR count). The zero-order chi connectivity index (χ0) is 13.7. The lowest BCUT2D eigenvalue weighted by atomic mass is 10.2. The fourth-order valence-corrected chi connectivity index (χ4v) is 2.31. The van der Waals surface area contributed by atoms with Crippen LogP contribution in [0, 0.1) is 0 Å². The molecule has 0 bridgehead atoms. The predicted molar refractivity (Wildman–Crippen MR) is 76.9 cm³/mol. The fraction of sp³-hybridized carbons (Fsp3) is 0.143. The number of rotatable bonds is 4. The maximum absolute atomic E-state index is 11.7. The number of nitrogens with zero attached hydrogens (tertiary/aromatic N) is 1. The van der Waals surface area contributed by atoms with Crippen molar-refractivity contribution < 1.29 is 9.90 Å². The molecule has 1 aromatic heterocycles. The van der Waals surface area contributed by atoms with Crippen LogP contribution in [0.4, 0.5) is 0 Å². The summed E-state index contributed by atoms with van der Waals surface area (Å²) in [4.78, 5) is 14.0. The average Bonchev–Trinajstić information content (AvgIpc) is 2.87. The number of carbonyl (C=O) groups is 1. The van der Waals surface area contributed by atoms with Crippen molar-refractivity contribution >= 4 is 23.5 Å². The van der Waals surface area contributed by atoms with Crippen molar-refractivity contribution in [2.24, 2.45) is 5.10 Å². The molecule has 2 N–H and O–H groups in total. The lowest BCUT2D eigenvalue weighted by Gasteiger charge is -1.99. The van der Waals surface area contributed by atoms with Gasteiger partial charge in [-0.15, -0.1) is 11.3 Å². The van der Waals surface area contributed by atoms with Crippen LogP contribution >= 0.6 is 11.3 Å². The first kappa shape index (κ1) is 13.3. The van der Waals surface area contributed by atoms with Gasteiger partial charge in [0.15, 0.2) is 0 Å². The molecule has 0 saturated heterocycles. The topological polar surface area (TPSA) is 61.7 Å². The Balaban J connectivity index is 1.94. The normalized spacial score (nSPS) is 10.8. The molecule has 4 nitrogen and oxygen atoms in total. The summed E-state index contributed by atoms with van der Waals surface area (Å²) in [6.45, 7) is 2.10. The lowest BCUT2D eigenvalue weighted by Crippen LogP contribution is -2.17. The van der Waals surface area contributed by atoms with Gasteiger partial charge >= 0.3 is 0 Å². The van der Waals surface area contributed by atoms with Gasteiger partial charge in [-0.25, -0.2) is 5.43 Å². The third-order valence-corrected chi connectivity index (χ3v) is 3.68. The second kappa shape index (κ2) is 6.15. The molecule has 98 valence electrons. The summed E-state index contributed by atoms with van der Waals surface area (Å²) in [5.74, 6) is -0.172. The Hall–Kier alpha value is -2.14. The van der Waals surface area contributed by atoms with Gasteiger partial charge in [0.05, 0.1) is 6.21 Å². The first-order valence-electron chi connectivity index (χ1n) is 5.90. The Labute approximate surface area is 115 Å². The predicted octanol–water partition coefficient (Wildman–Crippen LogP) is 2.78. The van der Waals surface area contributed by atoms with E-state index in [0.29, 0.717) is 5.56 Å². The lowest BCUT2D eigenvalue weighted by molar-refractivity contribution is 0.0955. The molecule has 0 saturated carbocycles. The standard InChI is InChI=1S/C14H14N2O2S/c1-2-12-7-8-13(19-12)9-15-16-14(18)10-3-5-11(17)6-4-10/h3-9,17H,2H2,1H3,(H,16,18). The Morgan fingerprint density at radius 2 is 2.05 bits per heavy atom. The second-order valence-corrected chi connectivity index (χ2v) is 5.10. The molecule has 0 unspecified atom stereocenters. The molecule has 2 aromatic rings. The van der Waals surface area contributed by atoms with Crippen LogP contribution < -0.4 is 5.43 Å². The third kappa shape index (κ3) is 3.66. The van der Waals surface area contributed by atoms with Crippen LogP contribution in [0.15, 0.2) is 41.5 Å². The number of phenols is 1. The molecule has 0 radical (unpaired) electrons. The molecule has 0 aliphatic rings. The molecule has 0 atom stereocenters. The van der Waals surface area contributed by atoms with E-state index in [9.17, 15) is 4.79 Å². The summed E-state index contributed by atoms with van der Waals surface area (Å²) in [5.41, 5.74) is 2.90. The number of carbonyl (C=O) groups excluding carboxylic acids is 1. The number of amides is 1. The number of hydrogen-bond acceptors (Lipinski definition) is 4. The van der Waals surface area contributed by atoms with Gasteiger partial charge in [-0.1, -0.05) is 6.92 Å². The maximum Gasteiger partial charge on any atom is 0.271 e. The molecular weight excluding hydrogens is 260 g/mol. The molecule has 5 heteroatoms. The second-order valence-electron chi connectivity index (χ2n) is 3.90. The van der Waals surface area contributed by atoms with Crippen molar-refractivity contribution in [1.29, 1.82) is 0 Å². The number of nitrogens with one attached hydrogen (secondary N) is 1. The molecule has 1 heterocycles. The van der Waals surface area contributed by atoms with Crippen molar-refractivity contribution in [3.05, 3.63) is 51.7 Å². The van der Waals surface area contributed by atoms with Gasteiger partial charge in [-0.2, -0.15) is 5.10 Å². The van der Waals surface area contributed by atoms with Gasteiger partial charge < -0.3 is 5.11 Å².